The van der Waals surface area contributed by atoms with E-state index in [1.165, 1.54) is 11.1 Å². The lowest BCUT2D eigenvalue weighted by molar-refractivity contribution is 0.414. The van der Waals surface area contributed by atoms with Crippen LogP contribution >= 0.6 is 0 Å². The average Bonchev–Trinajstić information content (AvgIpc) is 2.60. The molecule has 25 heavy (non-hydrogen) atoms. The Hall–Kier alpha value is -3.08. The standard InChI is InChI=1S/C20H22N4O/c1-14-8-15(2)10-17(9-14)24-20-11-19(22-13-23-20)21-12-16-4-6-18(25-3)7-5-16/h4-11,13H,12H2,1-3H3,(H2,21,22,23,24). The van der Waals surface area contributed by atoms with Crippen molar-refractivity contribution in [3.05, 3.63) is 71.5 Å². The Balaban J connectivity index is 1.66. The van der Waals surface area contributed by atoms with Gasteiger partial charge in [-0.25, -0.2) is 9.97 Å². The lowest BCUT2D eigenvalue weighted by Gasteiger charge is -2.10. The highest BCUT2D eigenvalue weighted by Crippen LogP contribution is 2.20. The second-order valence-corrected chi connectivity index (χ2v) is 5.99. The van der Waals surface area contributed by atoms with Gasteiger partial charge < -0.3 is 15.4 Å². The Bertz CT molecular complexity index is 826. The van der Waals surface area contributed by atoms with E-state index in [0.29, 0.717) is 6.54 Å². The minimum Gasteiger partial charge on any atom is -0.497 e. The quantitative estimate of drug-likeness (QED) is 0.697. The van der Waals surface area contributed by atoms with E-state index in [2.05, 4.69) is 52.6 Å². The first-order chi connectivity index (χ1) is 12.1. The van der Waals surface area contributed by atoms with Crippen LogP contribution in [-0.4, -0.2) is 17.1 Å². The maximum atomic E-state index is 5.17. The van der Waals surface area contributed by atoms with Gasteiger partial charge in [-0.1, -0.05) is 18.2 Å². The summed E-state index contributed by atoms with van der Waals surface area (Å²) in [5.41, 5.74) is 4.62. The molecule has 0 aliphatic carbocycles. The number of aryl methyl sites for hydroxylation is 2. The number of aromatic nitrogens is 2. The second-order valence-electron chi connectivity index (χ2n) is 5.99. The summed E-state index contributed by atoms with van der Waals surface area (Å²) >= 11 is 0. The van der Waals surface area contributed by atoms with Gasteiger partial charge in [0.15, 0.2) is 0 Å². The molecule has 3 rings (SSSR count). The molecule has 0 aliphatic heterocycles. The molecule has 0 amide bonds. The van der Waals surface area contributed by atoms with Gasteiger partial charge in [0.2, 0.25) is 0 Å². The van der Waals surface area contributed by atoms with Gasteiger partial charge in [0.25, 0.3) is 0 Å². The third kappa shape index (κ3) is 4.70. The minimum absolute atomic E-state index is 0.685. The van der Waals surface area contributed by atoms with Crippen LogP contribution in [0.15, 0.2) is 54.9 Å². The molecule has 1 heterocycles. The van der Waals surface area contributed by atoms with Crippen molar-refractivity contribution < 1.29 is 4.74 Å². The zero-order valence-corrected chi connectivity index (χ0v) is 14.7. The first-order valence-electron chi connectivity index (χ1n) is 8.16. The number of hydrogen-bond acceptors (Lipinski definition) is 5. The normalized spacial score (nSPS) is 10.4. The summed E-state index contributed by atoms with van der Waals surface area (Å²) in [6.07, 6.45) is 1.56. The van der Waals surface area contributed by atoms with E-state index in [1.807, 2.05) is 30.3 Å². The topological polar surface area (TPSA) is 59.1 Å². The van der Waals surface area contributed by atoms with Gasteiger partial charge in [-0.3, -0.25) is 0 Å². The van der Waals surface area contributed by atoms with Gasteiger partial charge in [0.05, 0.1) is 7.11 Å². The fraction of sp³-hybridized carbons (Fsp3) is 0.200. The van der Waals surface area contributed by atoms with Crippen molar-refractivity contribution in [3.63, 3.8) is 0 Å². The summed E-state index contributed by atoms with van der Waals surface area (Å²) in [5, 5.41) is 6.65. The van der Waals surface area contributed by atoms with Crippen LogP contribution in [0.5, 0.6) is 5.75 Å². The van der Waals surface area contributed by atoms with Crippen LogP contribution < -0.4 is 15.4 Å². The monoisotopic (exact) mass is 334 g/mol. The molecule has 0 atom stereocenters. The molecule has 0 fully saturated rings. The lowest BCUT2D eigenvalue weighted by Crippen LogP contribution is -2.03. The fourth-order valence-corrected chi connectivity index (χ4v) is 2.65. The van der Waals surface area contributed by atoms with Gasteiger partial charge in [0, 0.05) is 18.3 Å². The molecule has 5 nitrogen and oxygen atoms in total. The van der Waals surface area contributed by atoms with Crippen molar-refractivity contribution in [1.82, 2.24) is 9.97 Å². The van der Waals surface area contributed by atoms with Crippen LogP contribution in [-0.2, 0) is 6.54 Å². The number of nitrogens with one attached hydrogen (secondary N) is 2. The molecule has 0 spiro atoms. The molecular weight excluding hydrogens is 312 g/mol. The molecule has 0 saturated carbocycles. The van der Waals surface area contributed by atoms with Gasteiger partial charge in [-0.15, -0.1) is 0 Å². The molecule has 2 aromatic carbocycles. The summed E-state index contributed by atoms with van der Waals surface area (Å²) in [4.78, 5) is 8.57. The number of hydrogen-bond donors (Lipinski definition) is 2. The fourth-order valence-electron chi connectivity index (χ4n) is 2.65. The molecule has 0 unspecified atom stereocenters. The Morgan fingerprint density at radius 2 is 1.56 bits per heavy atom. The Morgan fingerprint density at radius 1 is 0.880 bits per heavy atom. The summed E-state index contributed by atoms with van der Waals surface area (Å²) in [7, 11) is 1.67. The van der Waals surface area contributed by atoms with E-state index >= 15 is 0 Å². The van der Waals surface area contributed by atoms with E-state index in [1.54, 1.807) is 13.4 Å². The second kappa shape index (κ2) is 7.66. The molecule has 0 saturated heterocycles. The molecular formula is C20H22N4O. The summed E-state index contributed by atoms with van der Waals surface area (Å²) in [6, 6.07) is 16.2. The van der Waals surface area contributed by atoms with E-state index in [-0.39, 0.29) is 0 Å². The van der Waals surface area contributed by atoms with Crippen LogP contribution in [0, 0.1) is 13.8 Å². The van der Waals surface area contributed by atoms with Crippen LogP contribution in [0.3, 0.4) is 0 Å². The maximum absolute atomic E-state index is 5.17. The summed E-state index contributed by atoms with van der Waals surface area (Å²) in [5.74, 6) is 2.39. The molecule has 0 aliphatic rings. The van der Waals surface area contributed by atoms with Crippen molar-refractivity contribution in [2.24, 2.45) is 0 Å². The number of ether oxygens (including phenoxy) is 1. The number of nitrogens with zero attached hydrogens (tertiary/aromatic N) is 2. The number of anilines is 3. The zero-order valence-electron chi connectivity index (χ0n) is 14.7. The summed E-state index contributed by atoms with van der Waals surface area (Å²) < 4.78 is 5.17. The molecule has 5 heteroatoms. The van der Waals surface area contributed by atoms with Crippen LogP contribution in [0.4, 0.5) is 17.3 Å². The van der Waals surface area contributed by atoms with Gasteiger partial charge in [-0.05, 0) is 54.8 Å². The highest BCUT2D eigenvalue weighted by molar-refractivity contribution is 5.60. The van der Waals surface area contributed by atoms with Crippen molar-refractivity contribution in [2.75, 3.05) is 17.7 Å². The molecule has 0 radical (unpaired) electrons. The molecule has 0 bridgehead atoms. The van der Waals surface area contributed by atoms with Gasteiger partial charge >= 0.3 is 0 Å². The van der Waals surface area contributed by atoms with Crippen LogP contribution in [0.1, 0.15) is 16.7 Å². The molecule has 1 aromatic heterocycles. The van der Waals surface area contributed by atoms with Crippen molar-refractivity contribution in [2.45, 2.75) is 20.4 Å². The number of benzene rings is 2. The van der Waals surface area contributed by atoms with E-state index in [0.717, 1.165) is 28.6 Å². The maximum Gasteiger partial charge on any atom is 0.135 e. The lowest BCUT2D eigenvalue weighted by atomic mass is 10.1. The van der Waals surface area contributed by atoms with Gasteiger partial charge in [0.1, 0.15) is 23.7 Å². The number of methoxy groups -OCH3 is 1. The van der Waals surface area contributed by atoms with Crippen LogP contribution in [0.2, 0.25) is 0 Å². The Labute approximate surface area is 148 Å². The first kappa shape index (κ1) is 16.8. The minimum atomic E-state index is 0.685. The third-order valence-corrected chi connectivity index (χ3v) is 3.79. The largest absolute Gasteiger partial charge is 0.497 e. The average molecular weight is 334 g/mol. The summed E-state index contributed by atoms with van der Waals surface area (Å²) in [6.45, 7) is 4.85. The first-order valence-corrected chi connectivity index (χ1v) is 8.16. The SMILES string of the molecule is COc1ccc(CNc2cc(Nc3cc(C)cc(C)c3)ncn2)cc1. The predicted molar refractivity (Wildman–Crippen MR) is 102 cm³/mol. The van der Waals surface area contributed by atoms with Crippen molar-refractivity contribution >= 4 is 17.3 Å². The van der Waals surface area contributed by atoms with Crippen LogP contribution in [0.25, 0.3) is 0 Å². The van der Waals surface area contributed by atoms with E-state index in [9.17, 15) is 0 Å². The Morgan fingerprint density at radius 3 is 2.24 bits per heavy atom. The van der Waals surface area contributed by atoms with Gasteiger partial charge in [-0.2, -0.15) is 0 Å². The van der Waals surface area contributed by atoms with E-state index < -0.39 is 0 Å². The van der Waals surface area contributed by atoms with Crippen molar-refractivity contribution in [1.29, 1.82) is 0 Å². The highest BCUT2D eigenvalue weighted by atomic mass is 16.5. The smallest absolute Gasteiger partial charge is 0.135 e. The molecule has 3 aromatic rings. The zero-order chi connectivity index (χ0) is 17.6. The number of rotatable bonds is 6. The van der Waals surface area contributed by atoms with E-state index in [4.69, 9.17) is 4.74 Å². The molecule has 2 N–H and O–H groups in total. The third-order valence-electron chi connectivity index (χ3n) is 3.79. The predicted octanol–water partition coefficient (Wildman–Crippen LogP) is 4.46. The van der Waals surface area contributed by atoms with Crippen molar-refractivity contribution in [3.8, 4) is 5.75 Å². The Kier molecular flexibility index (Phi) is 5.14. The molecule has 128 valence electrons. The highest BCUT2D eigenvalue weighted by Gasteiger charge is 2.02.